The van der Waals surface area contributed by atoms with Crippen molar-refractivity contribution in [2.45, 2.75) is 26.2 Å². The molecule has 77 valence electrons. The van der Waals surface area contributed by atoms with Crippen LogP contribution in [0.5, 0.6) is 0 Å². The zero-order valence-corrected chi connectivity index (χ0v) is 9.33. The normalized spacial score (nSPS) is 11.2. The third-order valence-corrected chi connectivity index (χ3v) is 2.30. The minimum absolute atomic E-state index is 1.13. The zero-order valence-electron chi connectivity index (χ0n) is 9.33. The molecule has 2 heteroatoms. The Morgan fingerprint density at radius 3 is 2.71 bits per heavy atom. The first-order chi connectivity index (χ1) is 6.75. The lowest BCUT2D eigenvalue weighted by Gasteiger charge is -2.23. The second-order valence-electron chi connectivity index (χ2n) is 3.69. The summed E-state index contributed by atoms with van der Waals surface area (Å²) in [5.41, 5.74) is 1.24. The van der Waals surface area contributed by atoms with E-state index in [4.69, 9.17) is 0 Å². The third-order valence-electron chi connectivity index (χ3n) is 2.30. The topological polar surface area (TPSA) is 16.1 Å². The molecule has 0 atom stereocenters. The first-order valence-electron chi connectivity index (χ1n) is 5.19. The Morgan fingerprint density at radius 2 is 2.21 bits per heavy atom. The van der Waals surface area contributed by atoms with Crippen molar-refractivity contribution in [3.63, 3.8) is 0 Å². The molecule has 14 heavy (non-hydrogen) atoms. The average Bonchev–Trinajstić information content (AvgIpc) is 2.19. The summed E-state index contributed by atoms with van der Waals surface area (Å²) >= 11 is 0. The molecule has 0 spiro atoms. The fraction of sp³-hybridized carbons (Fsp3) is 0.500. The van der Waals surface area contributed by atoms with Crippen LogP contribution >= 0.6 is 0 Å². The standard InChI is InChI=1S/C12H19N2/c1-4-5-8-12(14(2)3)11-7-6-9-13-10-11/h6-7,9-10H,4-5,8H2,1-3H3. The molecule has 2 nitrogen and oxygen atoms in total. The van der Waals surface area contributed by atoms with Crippen LogP contribution in [0.25, 0.3) is 0 Å². The zero-order chi connectivity index (χ0) is 10.4. The van der Waals surface area contributed by atoms with Crippen molar-refractivity contribution in [1.29, 1.82) is 0 Å². The second-order valence-corrected chi connectivity index (χ2v) is 3.69. The summed E-state index contributed by atoms with van der Waals surface area (Å²) in [5, 5.41) is 0. The molecular formula is C12H19N2. The number of nitrogens with zero attached hydrogens (tertiary/aromatic N) is 2. The fourth-order valence-electron chi connectivity index (χ4n) is 1.50. The van der Waals surface area contributed by atoms with E-state index in [0.717, 1.165) is 6.42 Å². The van der Waals surface area contributed by atoms with Gasteiger partial charge in [0.2, 0.25) is 0 Å². The number of hydrogen-bond acceptors (Lipinski definition) is 2. The van der Waals surface area contributed by atoms with Crippen LogP contribution in [0.2, 0.25) is 0 Å². The average molecular weight is 191 g/mol. The molecule has 1 aromatic heterocycles. The highest BCUT2D eigenvalue weighted by Crippen LogP contribution is 2.21. The molecule has 0 aromatic carbocycles. The predicted octanol–water partition coefficient (Wildman–Crippen LogP) is 2.71. The van der Waals surface area contributed by atoms with E-state index in [1.807, 2.05) is 18.5 Å². The highest BCUT2D eigenvalue weighted by molar-refractivity contribution is 5.25. The lowest BCUT2D eigenvalue weighted by Crippen LogP contribution is -2.20. The van der Waals surface area contributed by atoms with Gasteiger partial charge in [0.05, 0.1) is 6.04 Å². The predicted molar refractivity (Wildman–Crippen MR) is 59.8 cm³/mol. The van der Waals surface area contributed by atoms with Gasteiger partial charge >= 0.3 is 0 Å². The third kappa shape index (κ3) is 3.11. The van der Waals surface area contributed by atoms with Crippen molar-refractivity contribution in [2.24, 2.45) is 0 Å². The molecule has 0 fully saturated rings. The summed E-state index contributed by atoms with van der Waals surface area (Å²) < 4.78 is 0. The quantitative estimate of drug-likeness (QED) is 0.711. The molecule has 1 radical (unpaired) electrons. The van der Waals surface area contributed by atoms with E-state index in [0.29, 0.717) is 0 Å². The van der Waals surface area contributed by atoms with Crippen LogP contribution in [-0.2, 0) is 0 Å². The Labute approximate surface area is 87.0 Å². The van der Waals surface area contributed by atoms with Gasteiger partial charge < -0.3 is 0 Å². The maximum atomic E-state index is 4.15. The number of rotatable bonds is 5. The van der Waals surface area contributed by atoms with Crippen LogP contribution in [0.1, 0.15) is 31.7 Å². The van der Waals surface area contributed by atoms with E-state index >= 15 is 0 Å². The van der Waals surface area contributed by atoms with Gasteiger partial charge in [0.1, 0.15) is 0 Å². The van der Waals surface area contributed by atoms with Crippen molar-refractivity contribution in [1.82, 2.24) is 9.88 Å². The van der Waals surface area contributed by atoms with Crippen molar-refractivity contribution >= 4 is 0 Å². The molecule has 0 unspecified atom stereocenters. The number of hydrogen-bond donors (Lipinski definition) is 0. The minimum atomic E-state index is 1.13. The smallest absolute Gasteiger partial charge is 0.0699 e. The van der Waals surface area contributed by atoms with Gasteiger partial charge in [-0.1, -0.05) is 25.8 Å². The molecule has 0 amide bonds. The summed E-state index contributed by atoms with van der Waals surface area (Å²) in [5.74, 6) is 0. The van der Waals surface area contributed by atoms with E-state index in [9.17, 15) is 0 Å². The van der Waals surface area contributed by atoms with E-state index in [1.165, 1.54) is 24.4 Å². The number of aromatic nitrogens is 1. The monoisotopic (exact) mass is 191 g/mol. The van der Waals surface area contributed by atoms with Gasteiger partial charge in [-0.3, -0.25) is 9.88 Å². The molecule has 0 aliphatic rings. The molecule has 1 aromatic rings. The first-order valence-corrected chi connectivity index (χ1v) is 5.19. The van der Waals surface area contributed by atoms with Crippen molar-refractivity contribution in [2.75, 3.05) is 14.1 Å². The Kier molecular flexibility index (Phi) is 4.60. The molecule has 0 bridgehead atoms. The van der Waals surface area contributed by atoms with Gasteiger partial charge in [-0.05, 0) is 32.1 Å². The largest absolute Gasteiger partial charge is 0.298 e. The summed E-state index contributed by atoms with van der Waals surface area (Å²) in [6.07, 6.45) is 7.36. The molecule has 0 saturated carbocycles. The molecule has 1 rings (SSSR count). The summed E-state index contributed by atoms with van der Waals surface area (Å²) in [6.45, 7) is 2.22. The van der Waals surface area contributed by atoms with Crippen LogP contribution in [0.15, 0.2) is 24.5 Å². The summed E-state index contributed by atoms with van der Waals surface area (Å²) in [6, 6.07) is 5.49. The molecule has 0 aliphatic heterocycles. The Morgan fingerprint density at radius 1 is 1.43 bits per heavy atom. The second kappa shape index (κ2) is 5.76. The van der Waals surface area contributed by atoms with Gasteiger partial charge in [-0.25, -0.2) is 0 Å². The fourth-order valence-corrected chi connectivity index (χ4v) is 1.50. The number of unbranched alkanes of at least 4 members (excludes halogenated alkanes) is 1. The van der Waals surface area contributed by atoms with Gasteiger partial charge in [0.15, 0.2) is 0 Å². The molecule has 0 saturated heterocycles. The van der Waals surface area contributed by atoms with Crippen LogP contribution in [0.3, 0.4) is 0 Å². The minimum Gasteiger partial charge on any atom is -0.298 e. The molecule has 0 N–H and O–H groups in total. The van der Waals surface area contributed by atoms with Gasteiger partial charge in [-0.15, -0.1) is 0 Å². The van der Waals surface area contributed by atoms with Crippen molar-refractivity contribution < 1.29 is 0 Å². The Hall–Kier alpha value is -0.890. The summed E-state index contributed by atoms with van der Waals surface area (Å²) in [4.78, 5) is 6.34. The van der Waals surface area contributed by atoms with E-state index in [-0.39, 0.29) is 0 Å². The highest BCUT2D eigenvalue weighted by atomic mass is 15.1. The Balaban J connectivity index is 2.68. The van der Waals surface area contributed by atoms with Crippen molar-refractivity contribution in [3.05, 3.63) is 36.1 Å². The van der Waals surface area contributed by atoms with E-state index < -0.39 is 0 Å². The lowest BCUT2D eigenvalue weighted by molar-refractivity contribution is 0.411. The van der Waals surface area contributed by atoms with E-state index in [2.05, 4.69) is 37.0 Å². The first kappa shape index (κ1) is 11.2. The van der Waals surface area contributed by atoms with E-state index in [1.54, 1.807) is 0 Å². The van der Waals surface area contributed by atoms with Gasteiger partial charge in [-0.2, -0.15) is 0 Å². The van der Waals surface area contributed by atoms with Crippen LogP contribution < -0.4 is 0 Å². The molecular weight excluding hydrogens is 172 g/mol. The number of pyridine rings is 1. The summed E-state index contributed by atoms with van der Waals surface area (Å²) in [7, 11) is 4.19. The maximum absolute atomic E-state index is 4.15. The SMILES string of the molecule is CCCC[C](c1cccnc1)N(C)C. The molecule has 0 aliphatic carbocycles. The van der Waals surface area contributed by atoms with Crippen molar-refractivity contribution in [3.8, 4) is 0 Å². The molecule has 1 heterocycles. The van der Waals surface area contributed by atoms with Crippen LogP contribution in [-0.4, -0.2) is 24.0 Å². The van der Waals surface area contributed by atoms with Crippen LogP contribution in [0.4, 0.5) is 0 Å². The highest BCUT2D eigenvalue weighted by Gasteiger charge is 2.13. The Bertz CT molecular complexity index is 244. The van der Waals surface area contributed by atoms with Gasteiger partial charge in [0.25, 0.3) is 0 Å². The van der Waals surface area contributed by atoms with Crippen LogP contribution in [0, 0.1) is 6.04 Å². The van der Waals surface area contributed by atoms with Gasteiger partial charge in [0, 0.05) is 12.4 Å². The lowest BCUT2D eigenvalue weighted by atomic mass is 10.0. The maximum Gasteiger partial charge on any atom is 0.0699 e.